The lowest BCUT2D eigenvalue weighted by Crippen LogP contribution is -2.43. The average molecular weight is 389 g/mol. The smallest absolute Gasteiger partial charge is 0.325 e. The van der Waals surface area contributed by atoms with E-state index in [9.17, 15) is 18.0 Å². The number of rotatable bonds is 4. The standard InChI is InChI=1S/C20H23NO5S/c1-19(2,3)27(24,25)15-8-5-7-14(13-15)17(22)20(18(23)26-4)10-12-21-11-6-9-16(20)21/h5-9,11,13H,10,12H2,1-4H3. The minimum atomic E-state index is -3.62. The molecule has 2 aromatic rings. The summed E-state index contributed by atoms with van der Waals surface area (Å²) in [5, 5.41) is 0. The lowest BCUT2D eigenvalue weighted by atomic mass is 9.76. The van der Waals surface area contributed by atoms with Crippen molar-refractivity contribution in [3.63, 3.8) is 0 Å². The Morgan fingerprint density at radius 2 is 1.85 bits per heavy atom. The number of aromatic nitrogens is 1. The van der Waals surface area contributed by atoms with Crippen molar-refractivity contribution in [2.24, 2.45) is 0 Å². The van der Waals surface area contributed by atoms with E-state index in [1.165, 1.54) is 25.3 Å². The summed E-state index contributed by atoms with van der Waals surface area (Å²) in [6.07, 6.45) is 2.10. The predicted octanol–water partition coefficient (Wildman–Crippen LogP) is 2.76. The van der Waals surface area contributed by atoms with Gasteiger partial charge in [0, 0.05) is 24.0 Å². The topological polar surface area (TPSA) is 82.4 Å². The van der Waals surface area contributed by atoms with E-state index in [2.05, 4.69) is 0 Å². The predicted molar refractivity (Wildman–Crippen MR) is 100 cm³/mol. The summed E-state index contributed by atoms with van der Waals surface area (Å²) >= 11 is 0. The molecule has 7 heteroatoms. The van der Waals surface area contributed by atoms with Gasteiger partial charge in [0.2, 0.25) is 0 Å². The van der Waals surface area contributed by atoms with Crippen LogP contribution in [0.4, 0.5) is 0 Å². The number of ketones is 1. The first-order valence-electron chi connectivity index (χ1n) is 8.69. The van der Waals surface area contributed by atoms with Crippen molar-refractivity contribution in [3.8, 4) is 0 Å². The molecule has 0 N–H and O–H groups in total. The number of Topliss-reactive ketones (excluding diaryl/α,β-unsaturated/α-hetero) is 1. The van der Waals surface area contributed by atoms with Crippen LogP contribution in [0.3, 0.4) is 0 Å². The normalized spacial score (nSPS) is 19.6. The molecule has 0 radical (unpaired) electrons. The Balaban J connectivity index is 2.13. The van der Waals surface area contributed by atoms with Gasteiger partial charge in [0.05, 0.1) is 16.8 Å². The molecule has 0 aliphatic carbocycles. The van der Waals surface area contributed by atoms with Gasteiger partial charge in [-0.2, -0.15) is 0 Å². The van der Waals surface area contributed by atoms with Gasteiger partial charge >= 0.3 is 5.97 Å². The molecule has 1 aromatic carbocycles. The molecular weight excluding hydrogens is 366 g/mol. The molecule has 1 unspecified atom stereocenters. The summed E-state index contributed by atoms with van der Waals surface area (Å²) in [5.41, 5.74) is -0.702. The van der Waals surface area contributed by atoms with Gasteiger partial charge in [0.25, 0.3) is 0 Å². The van der Waals surface area contributed by atoms with Crippen molar-refractivity contribution >= 4 is 21.6 Å². The number of carbonyl (C=O) groups excluding carboxylic acids is 2. The molecule has 1 aromatic heterocycles. The van der Waals surface area contributed by atoms with Crippen molar-refractivity contribution in [2.75, 3.05) is 7.11 Å². The number of benzene rings is 1. The Labute approximate surface area is 159 Å². The Morgan fingerprint density at radius 1 is 1.15 bits per heavy atom. The van der Waals surface area contributed by atoms with Crippen LogP contribution in [0.15, 0.2) is 47.5 Å². The Kier molecular flexibility index (Phi) is 4.54. The molecule has 0 saturated heterocycles. The van der Waals surface area contributed by atoms with Crippen LogP contribution < -0.4 is 0 Å². The van der Waals surface area contributed by atoms with Gasteiger partial charge in [-0.15, -0.1) is 0 Å². The number of carbonyl (C=O) groups is 2. The highest BCUT2D eigenvalue weighted by molar-refractivity contribution is 7.92. The highest BCUT2D eigenvalue weighted by Crippen LogP contribution is 2.40. The SMILES string of the molecule is COC(=O)C1(C(=O)c2cccc(S(=O)(=O)C(C)(C)C)c2)CCn2cccc21. The molecule has 27 heavy (non-hydrogen) atoms. The zero-order chi connectivity index (χ0) is 20.0. The fourth-order valence-corrected chi connectivity index (χ4v) is 4.77. The second kappa shape index (κ2) is 6.34. The van der Waals surface area contributed by atoms with Gasteiger partial charge in [-0.25, -0.2) is 8.42 Å². The van der Waals surface area contributed by atoms with Gasteiger partial charge in [0.15, 0.2) is 21.0 Å². The second-order valence-corrected chi connectivity index (χ2v) is 10.4. The first-order chi connectivity index (χ1) is 12.6. The van der Waals surface area contributed by atoms with Crippen molar-refractivity contribution in [2.45, 2.75) is 48.8 Å². The zero-order valence-electron chi connectivity index (χ0n) is 15.9. The van der Waals surface area contributed by atoms with E-state index in [1.807, 2.05) is 10.8 Å². The van der Waals surface area contributed by atoms with Gasteiger partial charge < -0.3 is 9.30 Å². The van der Waals surface area contributed by atoms with E-state index in [0.29, 0.717) is 12.2 Å². The van der Waals surface area contributed by atoms with Crippen LogP contribution in [-0.4, -0.2) is 36.6 Å². The minimum absolute atomic E-state index is 0.0641. The molecule has 0 spiro atoms. The number of esters is 1. The van der Waals surface area contributed by atoms with Crippen molar-refractivity contribution in [1.82, 2.24) is 4.57 Å². The number of fused-ring (bicyclic) bond motifs is 1. The van der Waals surface area contributed by atoms with Gasteiger partial charge in [0.1, 0.15) is 0 Å². The molecule has 0 bridgehead atoms. The Morgan fingerprint density at radius 3 is 2.48 bits per heavy atom. The van der Waals surface area contributed by atoms with E-state index >= 15 is 0 Å². The molecule has 144 valence electrons. The Hall–Kier alpha value is -2.41. The number of methoxy groups -OCH3 is 1. The second-order valence-electron chi connectivity index (χ2n) is 7.71. The summed E-state index contributed by atoms with van der Waals surface area (Å²) in [6.45, 7) is 5.34. The molecular formula is C20H23NO5S. The number of nitrogens with zero attached hydrogens (tertiary/aromatic N) is 1. The van der Waals surface area contributed by atoms with Crippen molar-refractivity contribution < 1.29 is 22.7 Å². The summed E-state index contributed by atoms with van der Waals surface area (Å²) < 4.78 is 31.4. The first kappa shape index (κ1) is 19.4. The largest absolute Gasteiger partial charge is 0.468 e. The molecule has 0 fully saturated rings. The molecule has 1 aliphatic rings. The third-order valence-electron chi connectivity index (χ3n) is 5.13. The molecule has 6 nitrogen and oxygen atoms in total. The third kappa shape index (κ3) is 2.81. The number of hydrogen-bond acceptors (Lipinski definition) is 5. The maximum absolute atomic E-state index is 13.4. The van der Waals surface area contributed by atoms with E-state index in [-0.39, 0.29) is 16.9 Å². The molecule has 2 heterocycles. The number of ether oxygens (including phenoxy) is 1. The molecule has 0 saturated carbocycles. The van der Waals surface area contributed by atoms with Crippen LogP contribution in [0.25, 0.3) is 0 Å². The average Bonchev–Trinajstić information content (AvgIpc) is 3.22. The monoisotopic (exact) mass is 389 g/mol. The number of sulfone groups is 1. The lowest BCUT2D eigenvalue weighted by molar-refractivity contribution is -0.145. The summed E-state index contributed by atoms with van der Waals surface area (Å²) in [7, 11) is -2.37. The van der Waals surface area contributed by atoms with Crippen LogP contribution in [-0.2, 0) is 31.3 Å². The van der Waals surface area contributed by atoms with Crippen LogP contribution in [0.1, 0.15) is 43.2 Å². The van der Waals surface area contributed by atoms with Gasteiger partial charge in [-0.05, 0) is 51.5 Å². The van der Waals surface area contributed by atoms with Crippen LogP contribution in [0.5, 0.6) is 0 Å². The van der Waals surface area contributed by atoms with Crippen molar-refractivity contribution in [3.05, 3.63) is 53.9 Å². The van der Waals surface area contributed by atoms with Gasteiger partial charge in [-0.3, -0.25) is 9.59 Å². The first-order valence-corrected chi connectivity index (χ1v) is 10.2. The van der Waals surface area contributed by atoms with E-state index in [0.717, 1.165) is 0 Å². The summed E-state index contributed by atoms with van der Waals surface area (Å²) in [5.74, 6) is -1.08. The summed E-state index contributed by atoms with van der Waals surface area (Å²) in [6, 6.07) is 9.42. The zero-order valence-corrected chi connectivity index (χ0v) is 16.7. The van der Waals surface area contributed by atoms with Crippen molar-refractivity contribution in [1.29, 1.82) is 0 Å². The number of aryl methyl sites for hydroxylation is 1. The maximum atomic E-state index is 13.4. The fourth-order valence-electron chi connectivity index (χ4n) is 3.52. The fraction of sp³-hybridized carbons (Fsp3) is 0.400. The van der Waals surface area contributed by atoms with Gasteiger partial charge in [-0.1, -0.05) is 12.1 Å². The Bertz CT molecular complexity index is 1010. The number of hydrogen-bond donors (Lipinski definition) is 0. The molecule has 0 amide bonds. The van der Waals surface area contributed by atoms with Crippen LogP contribution in [0, 0.1) is 0 Å². The molecule has 1 atom stereocenters. The van der Waals surface area contributed by atoms with Crippen LogP contribution in [0.2, 0.25) is 0 Å². The van der Waals surface area contributed by atoms with E-state index in [4.69, 9.17) is 4.74 Å². The highest BCUT2D eigenvalue weighted by Gasteiger charge is 2.53. The summed E-state index contributed by atoms with van der Waals surface area (Å²) in [4.78, 5) is 26.2. The molecule has 3 rings (SSSR count). The maximum Gasteiger partial charge on any atom is 0.325 e. The van der Waals surface area contributed by atoms with E-state index < -0.39 is 31.8 Å². The minimum Gasteiger partial charge on any atom is -0.468 e. The molecule has 1 aliphatic heterocycles. The quantitative estimate of drug-likeness (QED) is 0.456. The van der Waals surface area contributed by atoms with E-state index in [1.54, 1.807) is 39.0 Å². The highest BCUT2D eigenvalue weighted by atomic mass is 32.2. The lowest BCUT2D eigenvalue weighted by Gasteiger charge is -2.25. The third-order valence-corrected chi connectivity index (χ3v) is 7.62. The van der Waals surface area contributed by atoms with Crippen LogP contribution >= 0.6 is 0 Å².